The molecule has 1 N–H and O–H groups in total. The first-order valence-electron chi connectivity index (χ1n) is 4.71. The van der Waals surface area contributed by atoms with Crippen LogP contribution in [0.15, 0.2) is 0 Å². The molecule has 3 nitrogen and oxygen atoms in total. The molecular formula is C10H21NO2. The molecule has 0 amide bonds. The van der Waals surface area contributed by atoms with E-state index in [1.807, 2.05) is 34.7 Å². The van der Waals surface area contributed by atoms with Gasteiger partial charge in [0, 0.05) is 6.42 Å². The van der Waals surface area contributed by atoms with Gasteiger partial charge in [-0.3, -0.25) is 4.79 Å². The molecule has 0 aliphatic rings. The van der Waals surface area contributed by atoms with Crippen molar-refractivity contribution in [2.24, 2.45) is 5.92 Å². The third-order valence-electron chi connectivity index (χ3n) is 1.49. The van der Waals surface area contributed by atoms with Gasteiger partial charge in [-0.2, -0.15) is 0 Å². The van der Waals surface area contributed by atoms with E-state index in [0.717, 1.165) is 6.54 Å². The summed E-state index contributed by atoms with van der Waals surface area (Å²) in [5, 5.41) is 3.03. The van der Waals surface area contributed by atoms with Crippen LogP contribution < -0.4 is 5.32 Å². The van der Waals surface area contributed by atoms with E-state index < -0.39 is 0 Å². The molecule has 0 aliphatic heterocycles. The monoisotopic (exact) mass is 187 g/mol. The Bertz CT molecular complexity index is 161. The maximum atomic E-state index is 11.3. The second kappa shape index (κ2) is 5.22. The lowest BCUT2D eigenvalue weighted by molar-refractivity contribution is -0.155. The van der Waals surface area contributed by atoms with Gasteiger partial charge in [0.25, 0.3) is 0 Å². The van der Waals surface area contributed by atoms with E-state index in [9.17, 15) is 4.79 Å². The topological polar surface area (TPSA) is 38.3 Å². The quantitative estimate of drug-likeness (QED) is 0.679. The van der Waals surface area contributed by atoms with E-state index in [-0.39, 0.29) is 11.6 Å². The minimum atomic E-state index is -0.365. The summed E-state index contributed by atoms with van der Waals surface area (Å²) in [5.41, 5.74) is -0.365. The molecule has 0 heterocycles. The Hall–Kier alpha value is -0.570. The Labute approximate surface area is 80.8 Å². The van der Waals surface area contributed by atoms with Gasteiger partial charge in [0.1, 0.15) is 5.60 Å². The van der Waals surface area contributed by atoms with Crippen LogP contribution in [0.5, 0.6) is 0 Å². The second-order valence-corrected chi connectivity index (χ2v) is 4.45. The van der Waals surface area contributed by atoms with Crippen molar-refractivity contribution >= 4 is 5.97 Å². The van der Waals surface area contributed by atoms with E-state index in [4.69, 9.17) is 4.74 Å². The van der Waals surface area contributed by atoms with E-state index >= 15 is 0 Å². The molecule has 0 radical (unpaired) electrons. The number of carbonyl (C=O) groups is 1. The fourth-order valence-electron chi connectivity index (χ4n) is 1.09. The second-order valence-electron chi connectivity index (χ2n) is 4.45. The molecule has 0 aromatic heterocycles. The Balaban J connectivity index is 3.74. The normalized spacial score (nSPS) is 13.9. The van der Waals surface area contributed by atoms with E-state index in [1.54, 1.807) is 0 Å². The lowest BCUT2D eigenvalue weighted by atomic mass is 10.1. The lowest BCUT2D eigenvalue weighted by Gasteiger charge is -2.20. The maximum absolute atomic E-state index is 11.3. The largest absolute Gasteiger partial charge is 0.460 e. The molecule has 78 valence electrons. The van der Waals surface area contributed by atoms with Crippen molar-refractivity contribution in [1.29, 1.82) is 0 Å². The van der Waals surface area contributed by atoms with Crippen LogP contribution in [0.1, 0.15) is 34.1 Å². The van der Waals surface area contributed by atoms with Crippen molar-refractivity contribution in [3.63, 3.8) is 0 Å². The van der Waals surface area contributed by atoms with Gasteiger partial charge in [-0.15, -0.1) is 0 Å². The summed E-state index contributed by atoms with van der Waals surface area (Å²) in [5.74, 6) is 0.218. The molecule has 0 saturated carbocycles. The molecule has 13 heavy (non-hydrogen) atoms. The Morgan fingerprint density at radius 1 is 1.46 bits per heavy atom. The summed E-state index contributed by atoms with van der Waals surface area (Å²) in [6.45, 7) is 8.52. The Kier molecular flexibility index (Phi) is 4.99. The van der Waals surface area contributed by atoms with Crippen molar-refractivity contribution in [3.8, 4) is 0 Å². The highest BCUT2D eigenvalue weighted by molar-refractivity contribution is 5.70. The fraction of sp³-hybridized carbons (Fsp3) is 0.900. The number of esters is 1. The molecule has 0 aromatic carbocycles. The number of hydrogen-bond donors (Lipinski definition) is 1. The van der Waals surface area contributed by atoms with Crippen molar-refractivity contribution < 1.29 is 9.53 Å². The van der Waals surface area contributed by atoms with Crippen LogP contribution in [-0.4, -0.2) is 25.2 Å². The molecule has 0 aliphatic carbocycles. The first-order chi connectivity index (χ1) is 5.85. The minimum Gasteiger partial charge on any atom is -0.460 e. The van der Waals surface area contributed by atoms with Gasteiger partial charge in [0.05, 0.1) is 0 Å². The zero-order chi connectivity index (χ0) is 10.5. The van der Waals surface area contributed by atoms with Crippen molar-refractivity contribution in [2.75, 3.05) is 13.6 Å². The molecule has 0 bridgehead atoms. The first-order valence-corrected chi connectivity index (χ1v) is 4.71. The molecule has 1 atom stereocenters. The van der Waals surface area contributed by atoms with Gasteiger partial charge in [-0.05, 0) is 40.3 Å². The summed E-state index contributed by atoms with van der Waals surface area (Å²) in [6.07, 6.45) is 0.484. The fourth-order valence-corrected chi connectivity index (χ4v) is 1.09. The molecule has 0 unspecified atom stereocenters. The lowest BCUT2D eigenvalue weighted by Crippen LogP contribution is -2.27. The minimum absolute atomic E-state index is 0.116. The molecule has 0 spiro atoms. The van der Waals surface area contributed by atoms with Crippen molar-refractivity contribution in [1.82, 2.24) is 5.32 Å². The number of hydrogen-bond acceptors (Lipinski definition) is 3. The van der Waals surface area contributed by atoms with Gasteiger partial charge in [-0.25, -0.2) is 0 Å². The van der Waals surface area contributed by atoms with Gasteiger partial charge >= 0.3 is 5.97 Å². The van der Waals surface area contributed by atoms with Crippen LogP contribution in [-0.2, 0) is 9.53 Å². The molecule has 0 rings (SSSR count). The molecule has 0 aromatic rings. The summed E-state index contributed by atoms with van der Waals surface area (Å²) >= 11 is 0. The van der Waals surface area contributed by atoms with E-state index in [1.165, 1.54) is 0 Å². The highest BCUT2D eigenvalue weighted by Gasteiger charge is 2.17. The zero-order valence-corrected chi connectivity index (χ0v) is 9.31. The molecule has 0 saturated heterocycles. The molecular weight excluding hydrogens is 166 g/mol. The van der Waals surface area contributed by atoms with Crippen LogP contribution >= 0.6 is 0 Å². The number of ether oxygens (including phenoxy) is 1. The number of carbonyl (C=O) groups excluding carboxylic acids is 1. The predicted molar refractivity (Wildman–Crippen MR) is 53.6 cm³/mol. The molecule has 0 fully saturated rings. The highest BCUT2D eigenvalue weighted by atomic mass is 16.6. The van der Waals surface area contributed by atoms with Crippen molar-refractivity contribution in [3.05, 3.63) is 0 Å². The highest BCUT2D eigenvalue weighted by Crippen LogP contribution is 2.10. The van der Waals surface area contributed by atoms with E-state index in [2.05, 4.69) is 5.32 Å². The average Bonchev–Trinajstić information content (AvgIpc) is 1.81. The summed E-state index contributed by atoms with van der Waals surface area (Å²) in [4.78, 5) is 11.3. The number of rotatable bonds is 4. The van der Waals surface area contributed by atoms with Crippen LogP contribution in [0.25, 0.3) is 0 Å². The van der Waals surface area contributed by atoms with Crippen LogP contribution in [0.2, 0.25) is 0 Å². The molecule has 3 heteroatoms. The van der Waals surface area contributed by atoms with Crippen LogP contribution in [0.3, 0.4) is 0 Å². The van der Waals surface area contributed by atoms with E-state index in [0.29, 0.717) is 12.3 Å². The zero-order valence-electron chi connectivity index (χ0n) is 9.31. The predicted octanol–water partition coefficient (Wildman–Crippen LogP) is 1.57. The van der Waals surface area contributed by atoms with Gasteiger partial charge in [-0.1, -0.05) is 6.92 Å². The summed E-state index contributed by atoms with van der Waals surface area (Å²) in [6, 6.07) is 0. The van der Waals surface area contributed by atoms with Crippen LogP contribution in [0, 0.1) is 5.92 Å². The Morgan fingerprint density at radius 3 is 2.38 bits per heavy atom. The first kappa shape index (κ1) is 12.4. The Morgan fingerprint density at radius 2 is 2.00 bits per heavy atom. The smallest absolute Gasteiger partial charge is 0.306 e. The van der Waals surface area contributed by atoms with Gasteiger partial charge < -0.3 is 10.1 Å². The van der Waals surface area contributed by atoms with Crippen molar-refractivity contribution in [2.45, 2.75) is 39.7 Å². The van der Waals surface area contributed by atoms with Crippen LogP contribution in [0.4, 0.5) is 0 Å². The summed E-state index contributed by atoms with van der Waals surface area (Å²) in [7, 11) is 1.88. The average molecular weight is 187 g/mol. The third-order valence-corrected chi connectivity index (χ3v) is 1.49. The third kappa shape index (κ3) is 7.78. The standard InChI is InChI=1S/C10H21NO2/c1-8(7-11-5)6-9(12)13-10(2,3)4/h8,11H,6-7H2,1-5H3/t8-/m1/s1. The van der Waals surface area contributed by atoms with Gasteiger partial charge in [0.15, 0.2) is 0 Å². The summed E-state index contributed by atoms with van der Waals surface area (Å²) < 4.78 is 5.19. The number of nitrogens with one attached hydrogen (secondary N) is 1. The SMILES string of the molecule is CNC[C@H](C)CC(=O)OC(C)(C)C. The van der Waals surface area contributed by atoms with Gasteiger partial charge in [0.2, 0.25) is 0 Å². The maximum Gasteiger partial charge on any atom is 0.306 e.